The lowest BCUT2D eigenvalue weighted by Crippen LogP contribution is -2.27. The minimum atomic E-state index is 0.397. The number of nitrogens with one attached hydrogen (secondary N) is 1. The summed E-state index contributed by atoms with van der Waals surface area (Å²) in [4.78, 5) is 0. The summed E-state index contributed by atoms with van der Waals surface area (Å²) in [7, 11) is 0. The van der Waals surface area contributed by atoms with Crippen molar-refractivity contribution in [1.29, 1.82) is 0 Å². The molecule has 2 rings (SSSR count). The summed E-state index contributed by atoms with van der Waals surface area (Å²) in [5.41, 5.74) is 1.20. The van der Waals surface area contributed by atoms with Crippen LogP contribution in [0.3, 0.4) is 0 Å². The molecule has 0 amide bonds. The molecule has 1 N–H and O–H groups in total. The maximum atomic E-state index is 6.05. The SMILES string of the molecule is CCOc1ccc(Cl)cc1[C@@H]1CCCCN1. The van der Waals surface area contributed by atoms with Crippen molar-refractivity contribution in [2.75, 3.05) is 13.2 Å². The van der Waals surface area contributed by atoms with E-state index in [2.05, 4.69) is 5.32 Å². The van der Waals surface area contributed by atoms with Crippen LogP contribution < -0.4 is 10.1 Å². The van der Waals surface area contributed by atoms with Gasteiger partial charge in [-0.2, -0.15) is 0 Å². The maximum Gasteiger partial charge on any atom is 0.124 e. The molecular formula is C13H18ClNO. The van der Waals surface area contributed by atoms with Crippen molar-refractivity contribution in [2.24, 2.45) is 0 Å². The van der Waals surface area contributed by atoms with E-state index in [1.165, 1.54) is 24.8 Å². The van der Waals surface area contributed by atoms with E-state index in [4.69, 9.17) is 16.3 Å². The summed E-state index contributed by atoms with van der Waals surface area (Å²) in [6.45, 7) is 3.79. The molecule has 0 bridgehead atoms. The Bertz CT molecular complexity index is 348. The predicted molar refractivity (Wildman–Crippen MR) is 67.2 cm³/mol. The molecule has 1 aliphatic heterocycles. The van der Waals surface area contributed by atoms with Crippen LogP contribution in [-0.2, 0) is 0 Å². The molecule has 0 spiro atoms. The van der Waals surface area contributed by atoms with Crippen LogP contribution in [0.25, 0.3) is 0 Å². The predicted octanol–water partition coefficient (Wildman–Crippen LogP) is 3.55. The van der Waals surface area contributed by atoms with Gasteiger partial charge < -0.3 is 10.1 Å². The molecule has 0 aromatic heterocycles. The summed E-state index contributed by atoms with van der Waals surface area (Å²) < 4.78 is 5.65. The van der Waals surface area contributed by atoms with E-state index < -0.39 is 0 Å². The van der Waals surface area contributed by atoms with E-state index >= 15 is 0 Å². The van der Waals surface area contributed by atoms with Gasteiger partial charge in [0.25, 0.3) is 0 Å². The molecule has 3 heteroatoms. The highest BCUT2D eigenvalue weighted by atomic mass is 35.5. The van der Waals surface area contributed by atoms with Gasteiger partial charge in [0.15, 0.2) is 0 Å². The lowest BCUT2D eigenvalue weighted by molar-refractivity contribution is 0.324. The zero-order valence-electron chi connectivity index (χ0n) is 9.63. The molecular weight excluding hydrogens is 222 g/mol. The first-order chi connectivity index (χ1) is 7.81. The number of halogens is 1. The fourth-order valence-corrected chi connectivity index (χ4v) is 2.38. The van der Waals surface area contributed by atoms with Crippen LogP contribution in [0.4, 0.5) is 0 Å². The number of benzene rings is 1. The Morgan fingerprint density at radius 1 is 1.44 bits per heavy atom. The molecule has 0 aliphatic carbocycles. The van der Waals surface area contributed by atoms with Crippen LogP contribution in [0.5, 0.6) is 5.75 Å². The molecule has 0 unspecified atom stereocenters. The van der Waals surface area contributed by atoms with Crippen LogP contribution in [0.1, 0.15) is 37.8 Å². The average Bonchev–Trinajstić information content (AvgIpc) is 2.33. The van der Waals surface area contributed by atoms with Crippen molar-refractivity contribution in [3.8, 4) is 5.75 Å². The van der Waals surface area contributed by atoms with E-state index in [-0.39, 0.29) is 0 Å². The fraction of sp³-hybridized carbons (Fsp3) is 0.538. The van der Waals surface area contributed by atoms with E-state index in [0.717, 1.165) is 17.3 Å². The molecule has 0 saturated carbocycles. The Hall–Kier alpha value is -0.730. The normalized spacial score (nSPS) is 20.8. The molecule has 1 saturated heterocycles. The highest BCUT2D eigenvalue weighted by molar-refractivity contribution is 6.30. The number of hydrogen-bond acceptors (Lipinski definition) is 2. The lowest BCUT2D eigenvalue weighted by Gasteiger charge is -2.25. The smallest absolute Gasteiger partial charge is 0.124 e. The number of ether oxygens (including phenoxy) is 1. The van der Waals surface area contributed by atoms with E-state index in [1.54, 1.807) is 0 Å². The molecule has 1 atom stereocenters. The van der Waals surface area contributed by atoms with Crippen molar-refractivity contribution in [1.82, 2.24) is 5.32 Å². The van der Waals surface area contributed by atoms with Gasteiger partial charge >= 0.3 is 0 Å². The highest BCUT2D eigenvalue weighted by Crippen LogP contribution is 2.32. The summed E-state index contributed by atoms with van der Waals surface area (Å²) >= 11 is 6.05. The van der Waals surface area contributed by atoms with Gasteiger partial charge in [0.05, 0.1) is 6.61 Å². The Balaban J connectivity index is 2.24. The Labute approximate surface area is 102 Å². The van der Waals surface area contributed by atoms with E-state index in [0.29, 0.717) is 12.6 Å². The second-order valence-electron chi connectivity index (χ2n) is 4.12. The molecule has 0 radical (unpaired) electrons. The van der Waals surface area contributed by atoms with Crippen molar-refractivity contribution < 1.29 is 4.74 Å². The van der Waals surface area contributed by atoms with Gasteiger partial charge in [-0.25, -0.2) is 0 Å². The van der Waals surface area contributed by atoms with Crippen molar-refractivity contribution in [3.05, 3.63) is 28.8 Å². The summed E-state index contributed by atoms with van der Waals surface area (Å²) in [6.07, 6.45) is 3.71. The van der Waals surface area contributed by atoms with Crippen LogP contribution in [0.2, 0.25) is 5.02 Å². The van der Waals surface area contributed by atoms with Gasteiger partial charge in [-0.1, -0.05) is 18.0 Å². The van der Waals surface area contributed by atoms with E-state index in [1.807, 2.05) is 25.1 Å². The lowest BCUT2D eigenvalue weighted by atomic mass is 9.97. The summed E-state index contributed by atoms with van der Waals surface area (Å²) in [5, 5.41) is 4.31. The van der Waals surface area contributed by atoms with Crippen LogP contribution in [0, 0.1) is 0 Å². The summed E-state index contributed by atoms with van der Waals surface area (Å²) in [5.74, 6) is 0.964. The Morgan fingerprint density at radius 2 is 2.31 bits per heavy atom. The largest absolute Gasteiger partial charge is 0.494 e. The van der Waals surface area contributed by atoms with E-state index in [9.17, 15) is 0 Å². The van der Waals surface area contributed by atoms with Gasteiger partial charge in [0.2, 0.25) is 0 Å². The van der Waals surface area contributed by atoms with Crippen molar-refractivity contribution in [2.45, 2.75) is 32.2 Å². The van der Waals surface area contributed by atoms with Gasteiger partial charge in [0.1, 0.15) is 5.75 Å². The number of rotatable bonds is 3. The van der Waals surface area contributed by atoms with Gasteiger partial charge in [-0.15, -0.1) is 0 Å². The van der Waals surface area contributed by atoms with Gasteiger partial charge in [0, 0.05) is 16.6 Å². The first kappa shape index (κ1) is 11.7. The molecule has 2 nitrogen and oxygen atoms in total. The summed E-state index contributed by atoms with van der Waals surface area (Å²) in [6, 6.07) is 6.28. The van der Waals surface area contributed by atoms with Crippen LogP contribution in [0.15, 0.2) is 18.2 Å². The topological polar surface area (TPSA) is 21.3 Å². The molecule has 1 aromatic rings. The third-order valence-corrected chi connectivity index (χ3v) is 3.19. The highest BCUT2D eigenvalue weighted by Gasteiger charge is 2.18. The first-order valence-electron chi connectivity index (χ1n) is 5.97. The van der Waals surface area contributed by atoms with Crippen LogP contribution >= 0.6 is 11.6 Å². The van der Waals surface area contributed by atoms with Crippen molar-refractivity contribution in [3.63, 3.8) is 0 Å². The quantitative estimate of drug-likeness (QED) is 0.871. The minimum absolute atomic E-state index is 0.397. The minimum Gasteiger partial charge on any atom is -0.494 e. The average molecular weight is 240 g/mol. The number of hydrogen-bond donors (Lipinski definition) is 1. The van der Waals surface area contributed by atoms with Crippen molar-refractivity contribution >= 4 is 11.6 Å². The molecule has 1 aliphatic rings. The number of piperidine rings is 1. The second-order valence-corrected chi connectivity index (χ2v) is 4.55. The Kier molecular flexibility index (Phi) is 4.08. The Morgan fingerprint density at radius 3 is 3.00 bits per heavy atom. The maximum absolute atomic E-state index is 6.05. The zero-order chi connectivity index (χ0) is 11.4. The third kappa shape index (κ3) is 2.69. The molecule has 88 valence electrons. The standard InChI is InChI=1S/C13H18ClNO/c1-2-16-13-7-6-10(14)9-11(13)12-5-3-4-8-15-12/h6-7,9,12,15H,2-5,8H2,1H3/t12-/m0/s1. The zero-order valence-corrected chi connectivity index (χ0v) is 10.4. The van der Waals surface area contributed by atoms with Crippen LogP contribution in [-0.4, -0.2) is 13.2 Å². The molecule has 1 heterocycles. The second kappa shape index (κ2) is 5.55. The van der Waals surface area contributed by atoms with Gasteiger partial charge in [-0.3, -0.25) is 0 Å². The van der Waals surface area contributed by atoms with Gasteiger partial charge in [-0.05, 0) is 44.5 Å². The molecule has 16 heavy (non-hydrogen) atoms. The monoisotopic (exact) mass is 239 g/mol. The molecule has 1 fully saturated rings. The third-order valence-electron chi connectivity index (χ3n) is 2.96. The fourth-order valence-electron chi connectivity index (χ4n) is 2.20. The first-order valence-corrected chi connectivity index (χ1v) is 6.34. The molecule has 1 aromatic carbocycles.